The fourth-order valence-electron chi connectivity index (χ4n) is 1.01. The highest BCUT2D eigenvalue weighted by Gasteiger charge is 2.75. The zero-order valence-electron chi connectivity index (χ0n) is 8.97. The van der Waals surface area contributed by atoms with Crippen LogP contribution in [0.3, 0.4) is 0 Å². The standard InChI is InChI=1S/C9H3F7O4/c10-7(11,8(12,13)9(14,15)16)5(18)2-3-1-4(17)6(19)20-3/h1-2,17H/b3-2+. The van der Waals surface area contributed by atoms with Gasteiger partial charge in [0.25, 0.3) is 0 Å². The first-order valence-electron chi connectivity index (χ1n) is 4.52. The minimum absolute atomic E-state index is 0.308. The number of ether oxygens (including phenoxy) is 1. The third-order valence-corrected chi connectivity index (χ3v) is 2.03. The molecule has 1 heterocycles. The largest absolute Gasteiger partial charge is 0.502 e. The van der Waals surface area contributed by atoms with E-state index < -0.39 is 47.4 Å². The average molecular weight is 308 g/mol. The van der Waals surface area contributed by atoms with Gasteiger partial charge in [0.05, 0.1) is 0 Å². The van der Waals surface area contributed by atoms with E-state index in [4.69, 9.17) is 5.11 Å². The van der Waals surface area contributed by atoms with E-state index in [9.17, 15) is 40.3 Å². The summed E-state index contributed by atoms with van der Waals surface area (Å²) in [6, 6.07) is 0. The zero-order chi connectivity index (χ0) is 15.9. The Balaban J connectivity index is 3.09. The summed E-state index contributed by atoms with van der Waals surface area (Å²) in [7, 11) is 0. The van der Waals surface area contributed by atoms with E-state index in [0.717, 1.165) is 0 Å². The SMILES string of the molecule is O=C1O/C(=C/C(=O)C(F)(F)C(F)(F)C(F)(F)F)C=C1O. The Morgan fingerprint density at radius 2 is 1.65 bits per heavy atom. The van der Waals surface area contributed by atoms with E-state index in [1.54, 1.807) is 0 Å². The molecule has 1 aliphatic rings. The molecule has 11 heteroatoms. The summed E-state index contributed by atoms with van der Waals surface area (Å²) in [5.74, 6) is -19.3. The van der Waals surface area contributed by atoms with Crippen molar-refractivity contribution in [3.63, 3.8) is 0 Å². The van der Waals surface area contributed by atoms with Crippen molar-refractivity contribution in [3.05, 3.63) is 23.7 Å². The number of aliphatic hydroxyl groups is 1. The van der Waals surface area contributed by atoms with Crippen LogP contribution in [-0.2, 0) is 14.3 Å². The van der Waals surface area contributed by atoms with Gasteiger partial charge in [0.2, 0.25) is 11.5 Å². The van der Waals surface area contributed by atoms with Crippen molar-refractivity contribution in [3.8, 4) is 0 Å². The van der Waals surface area contributed by atoms with Crippen LogP contribution < -0.4 is 0 Å². The van der Waals surface area contributed by atoms with Crippen LogP contribution in [0.1, 0.15) is 0 Å². The van der Waals surface area contributed by atoms with E-state index in [1.165, 1.54) is 0 Å². The molecule has 0 unspecified atom stereocenters. The number of rotatable bonds is 3. The number of cyclic esters (lactones) is 1. The van der Waals surface area contributed by atoms with Crippen LogP contribution in [0.4, 0.5) is 30.7 Å². The van der Waals surface area contributed by atoms with Gasteiger partial charge in [0, 0.05) is 12.2 Å². The van der Waals surface area contributed by atoms with Crippen molar-refractivity contribution in [2.45, 2.75) is 18.0 Å². The average Bonchev–Trinajstić information content (AvgIpc) is 2.55. The predicted molar refractivity (Wildman–Crippen MR) is 45.8 cm³/mol. The maximum atomic E-state index is 12.9. The summed E-state index contributed by atoms with van der Waals surface area (Å²) in [6.45, 7) is 0. The molecule has 0 fully saturated rings. The van der Waals surface area contributed by atoms with E-state index in [2.05, 4.69) is 4.74 Å². The van der Waals surface area contributed by atoms with Gasteiger partial charge >= 0.3 is 24.0 Å². The van der Waals surface area contributed by atoms with Crippen LogP contribution in [-0.4, -0.2) is 34.9 Å². The second kappa shape index (κ2) is 4.49. The summed E-state index contributed by atoms with van der Waals surface area (Å²) in [5, 5.41) is 8.69. The first kappa shape index (κ1) is 16.0. The summed E-state index contributed by atoms with van der Waals surface area (Å²) in [5.41, 5.74) is 0. The van der Waals surface area contributed by atoms with Crippen molar-refractivity contribution in [2.24, 2.45) is 0 Å². The number of allylic oxidation sites excluding steroid dienone is 2. The molecule has 0 aliphatic carbocycles. The summed E-state index contributed by atoms with van der Waals surface area (Å²) in [4.78, 5) is 21.4. The fourth-order valence-corrected chi connectivity index (χ4v) is 1.01. The van der Waals surface area contributed by atoms with Crippen LogP contribution >= 0.6 is 0 Å². The number of esters is 1. The van der Waals surface area contributed by atoms with Crippen molar-refractivity contribution in [2.75, 3.05) is 0 Å². The molecule has 20 heavy (non-hydrogen) atoms. The molecule has 112 valence electrons. The molecule has 1 aliphatic heterocycles. The number of aliphatic hydroxyl groups excluding tert-OH is 1. The number of ketones is 1. The Hall–Kier alpha value is -2.07. The van der Waals surface area contributed by atoms with Crippen LogP contribution in [0.5, 0.6) is 0 Å². The molecule has 0 aromatic heterocycles. The van der Waals surface area contributed by atoms with Gasteiger partial charge in [-0.25, -0.2) is 4.79 Å². The maximum absolute atomic E-state index is 12.9. The van der Waals surface area contributed by atoms with E-state index in [0.29, 0.717) is 6.08 Å². The molecule has 0 amide bonds. The summed E-state index contributed by atoms with van der Waals surface area (Å²) < 4.78 is 90.0. The van der Waals surface area contributed by atoms with Gasteiger partial charge in [-0.15, -0.1) is 0 Å². The van der Waals surface area contributed by atoms with E-state index >= 15 is 0 Å². The van der Waals surface area contributed by atoms with E-state index in [1.807, 2.05) is 0 Å². The van der Waals surface area contributed by atoms with Gasteiger partial charge in [-0.1, -0.05) is 0 Å². The fraction of sp³-hybridized carbons (Fsp3) is 0.333. The monoisotopic (exact) mass is 308 g/mol. The maximum Gasteiger partial charge on any atom is 0.460 e. The molecule has 0 aromatic carbocycles. The first-order valence-corrected chi connectivity index (χ1v) is 4.52. The third kappa shape index (κ3) is 2.47. The second-order valence-corrected chi connectivity index (χ2v) is 3.48. The minimum atomic E-state index is -6.66. The second-order valence-electron chi connectivity index (χ2n) is 3.48. The Kier molecular flexibility index (Phi) is 3.59. The molecule has 0 spiro atoms. The molecule has 0 atom stereocenters. The Bertz CT molecular complexity index is 515. The highest BCUT2D eigenvalue weighted by Crippen LogP contribution is 2.47. The van der Waals surface area contributed by atoms with Crippen molar-refractivity contribution >= 4 is 11.8 Å². The van der Waals surface area contributed by atoms with Crippen LogP contribution in [0, 0.1) is 0 Å². The van der Waals surface area contributed by atoms with Gasteiger partial charge in [-0.05, 0) is 0 Å². The quantitative estimate of drug-likeness (QED) is 0.493. The van der Waals surface area contributed by atoms with Crippen LogP contribution in [0.25, 0.3) is 0 Å². The first-order chi connectivity index (χ1) is 8.80. The molecule has 4 nitrogen and oxygen atoms in total. The van der Waals surface area contributed by atoms with Crippen LogP contribution in [0.15, 0.2) is 23.7 Å². The normalized spacial score (nSPS) is 19.1. The lowest BCUT2D eigenvalue weighted by atomic mass is 10.1. The molecule has 1 rings (SSSR count). The minimum Gasteiger partial charge on any atom is -0.502 e. The number of alkyl halides is 7. The van der Waals surface area contributed by atoms with Crippen LogP contribution in [0.2, 0.25) is 0 Å². The highest BCUT2D eigenvalue weighted by atomic mass is 19.4. The number of hydrogen-bond donors (Lipinski definition) is 1. The third-order valence-electron chi connectivity index (χ3n) is 2.03. The Labute approximate surface area is 105 Å². The number of carbonyl (C=O) groups excluding carboxylic acids is 2. The lowest BCUT2D eigenvalue weighted by molar-refractivity contribution is -0.342. The topological polar surface area (TPSA) is 63.6 Å². The molecule has 0 aromatic rings. The number of carbonyl (C=O) groups is 2. The molecule has 1 N–H and O–H groups in total. The van der Waals surface area contributed by atoms with Crippen molar-refractivity contribution in [1.29, 1.82) is 0 Å². The zero-order valence-corrected chi connectivity index (χ0v) is 8.97. The van der Waals surface area contributed by atoms with Gasteiger partial charge in [0.15, 0.2) is 0 Å². The highest BCUT2D eigenvalue weighted by molar-refractivity contribution is 5.99. The smallest absolute Gasteiger partial charge is 0.460 e. The van der Waals surface area contributed by atoms with Crippen molar-refractivity contribution < 1.29 is 50.2 Å². The Morgan fingerprint density at radius 1 is 1.15 bits per heavy atom. The van der Waals surface area contributed by atoms with E-state index in [-0.39, 0.29) is 0 Å². The molecular formula is C9H3F7O4. The molecule has 0 saturated carbocycles. The molecule has 0 bridgehead atoms. The summed E-state index contributed by atoms with van der Waals surface area (Å²) >= 11 is 0. The van der Waals surface area contributed by atoms with Gasteiger partial charge in [-0.2, -0.15) is 30.7 Å². The summed E-state index contributed by atoms with van der Waals surface area (Å²) in [6.07, 6.45) is -6.79. The van der Waals surface area contributed by atoms with Crippen molar-refractivity contribution in [1.82, 2.24) is 0 Å². The van der Waals surface area contributed by atoms with Gasteiger partial charge in [-0.3, -0.25) is 4.79 Å². The molecular weight excluding hydrogens is 305 g/mol. The molecule has 0 radical (unpaired) electrons. The number of hydrogen-bond acceptors (Lipinski definition) is 4. The molecule has 0 saturated heterocycles. The Morgan fingerprint density at radius 3 is 2.00 bits per heavy atom. The lowest BCUT2D eigenvalue weighted by Gasteiger charge is -2.26. The predicted octanol–water partition coefficient (Wildman–Crippen LogP) is 2.27. The number of halogens is 7. The van der Waals surface area contributed by atoms with Gasteiger partial charge < -0.3 is 9.84 Å². The van der Waals surface area contributed by atoms with Gasteiger partial charge in [0.1, 0.15) is 5.76 Å². The lowest BCUT2D eigenvalue weighted by Crippen LogP contribution is -2.55.